The van der Waals surface area contributed by atoms with Crippen molar-refractivity contribution in [1.29, 1.82) is 0 Å². The molecule has 1 heterocycles. The van der Waals surface area contributed by atoms with Gasteiger partial charge in [0.1, 0.15) is 0 Å². The Bertz CT molecular complexity index is 366. The number of carboxylic acid groups (broad SMARTS) is 1. The number of hydrogen-bond acceptors (Lipinski definition) is 4. The highest BCUT2D eigenvalue weighted by Gasteiger charge is 2.13. The Balaban J connectivity index is 2.34. The Hall–Kier alpha value is -1.95. The molecular formula is C10H12N2O4. The van der Waals surface area contributed by atoms with Crippen LogP contribution in [0.25, 0.3) is 0 Å². The van der Waals surface area contributed by atoms with Crippen molar-refractivity contribution in [2.24, 2.45) is 0 Å². The lowest BCUT2D eigenvalue weighted by Crippen LogP contribution is -2.30. The van der Waals surface area contributed by atoms with Crippen LogP contribution in [-0.2, 0) is 4.79 Å². The minimum absolute atomic E-state index is 0.0265. The standard InChI is InChI=1S/C10H12N2O4/c13-8(10(15)16)3-5-12-9(14)7-2-1-4-11-6-7/h1-2,4,6,8,13H,3,5H2,(H,12,14)(H,15,16). The number of nitrogens with zero attached hydrogens (tertiary/aromatic N) is 1. The molecule has 1 amide bonds. The van der Waals surface area contributed by atoms with Crippen molar-refractivity contribution in [1.82, 2.24) is 10.3 Å². The molecule has 1 rings (SSSR count). The first-order valence-corrected chi connectivity index (χ1v) is 4.70. The molecule has 1 atom stereocenters. The lowest BCUT2D eigenvalue weighted by molar-refractivity contribution is -0.146. The van der Waals surface area contributed by atoms with Gasteiger partial charge in [-0.1, -0.05) is 0 Å². The molecule has 6 heteroatoms. The summed E-state index contributed by atoms with van der Waals surface area (Å²) in [6.45, 7) is 0.0984. The van der Waals surface area contributed by atoms with Gasteiger partial charge in [0.2, 0.25) is 0 Å². The molecule has 0 fully saturated rings. The highest BCUT2D eigenvalue weighted by atomic mass is 16.4. The number of aliphatic hydroxyl groups excluding tert-OH is 1. The van der Waals surface area contributed by atoms with Gasteiger partial charge in [-0.15, -0.1) is 0 Å². The summed E-state index contributed by atoms with van der Waals surface area (Å²) in [4.78, 5) is 25.5. The van der Waals surface area contributed by atoms with Crippen molar-refractivity contribution in [3.63, 3.8) is 0 Å². The Morgan fingerprint density at radius 3 is 2.81 bits per heavy atom. The molecule has 86 valence electrons. The molecule has 16 heavy (non-hydrogen) atoms. The zero-order chi connectivity index (χ0) is 12.0. The van der Waals surface area contributed by atoms with Gasteiger partial charge in [0, 0.05) is 25.4 Å². The first kappa shape index (κ1) is 12.1. The quantitative estimate of drug-likeness (QED) is 0.634. The maximum absolute atomic E-state index is 11.4. The minimum Gasteiger partial charge on any atom is -0.479 e. The third-order valence-electron chi connectivity index (χ3n) is 1.91. The molecule has 0 saturated carbocycles. The van der Waals surface area contributed by atoms with E-state index in [1.165, 1.54) is 6.20 Å². The van der Waals surface area contributed by atoms with E-state index in [4.69, 9.17) is 10.2 Å². The van der Waals surface area contributed by atoms with Crippen LogP contribution in [-0.4, -0.2) is 39.7 Å². The molecule has 0 radical (unpaired) electrons. The van der Waals surface area contributed by atoms with E-state index in [1.54, 1.807) is 18.3 Å². The van der Waals surface area contributed by atoms with Gasteiger partial charge in [-0.2, -0.15) is 0 Å². The molecule has 1 unspecified atom stereocenters. The van der Waals surface area contributed by atoms with E-state index >= 15 is 0 Å². The maximum Gasteiger partial charge on any atom is 0.332 e. The molecule has 1 aromatic rings. The van der Waals surface area contributed by atoms with Gasteiger partial charge >= 0.3 is 5.97 Å². The van der Waals surface area contributed by atoms with E-state index in [2.05, 4.69) is 10.3 Å². The van der Waals surface area contributed by atoms with Gasteiger partial charge in [0.15, 0.2) is 6.10 Å². The van der Waals surface area contributed by atoms with Gasteiger partial charge in [0.25, 0.3) is 5.91 Å². The van der Waals surface area contributed by atoms with Gasteiger partial charge in [-0.3, -0.25) is 9.78 Å². The minimum atomic E-state index is -1.45. The number of aliphatic hydroxyl groups is 1. The first-order chi connectivity index (χ1) is 7.61. The molecule has 3 N–H and O–H groups in total. The van der Waals surface area contributed by atoms with Crippen molar-refractivity contribution >= 4 is 11.9 Å². The van der Waals surface area contributed by atoms with Crippen LogP contribution in [0.5, 0.6) is 0 Å². The monoisotopic (exact) mass is 224 g/mol. The third kappa shape index (κ3) is 3.66. The number of hydrogen-bond donors (Lipinski definition) is 3. The van der Waals surface area contributed by atoms with Crippen molar-refractivity contribution < 1.29 is 19.8 Å². The first-order valence-electron chi connectivity index (χ1n) is 4.70. The number of aliphatic carboxylic acids is 1. The normalized spacial score (nSPS) is 11.8. The summed E-state index contributed by atoms with van der Waals surface area (Å²) in [5.41, 5.74) is 0.396. The summed E-state index contributed by atoms with van der Waals surface area (Å²) in [5, 5.41) is 19.8. The highest BCUT2D eigenvalue weighted by Crippen LogP contribution is 1.96. The van der Waals surface area contributed by atoms with E-state index in [9.17, 15) is 9.59 Å². The summed E-state index contributed by atoms with van der Waals surface area (Å²) < 4.78 is 0. The summed E-state index contributed by atoms with van der Waals surface area (Å²) in [6, 6.07) is 3.22. The van der Waals surface area contributed by atoms with E-state index in [-0.39, 0.29) is 18.9 Å². The molecule has 0 saturated heterocycles. The van der Waals surface area contributed by atoms with Crippen LogP contribution in [0.4, 0.5) is 0 Å². The van der Waals surface area contributed by atoms with E-state index in [0.29, 0.717) is 5.56 Å². The number of pyridine rings is 1. The Morgan fingerprint density at radius 1 is 1.50 bits per heavy atom. The average Bonchev–Trinajstić information content (AvgIpc) is 2.29. The fraction of sp³-hybridized carbons (Fsp3) is 0.300. The van der Waals surface area contributed by atoms with Crippen LogP contribution in [0, 0.1) is 0 Å². The zero-order valence-corrected chi connectivity index (χ0v) is 8.46. The summed E-state index contributed by atoms with van der Waals surface area (Å²) in [7, 11) is 0. The Labute approximate surface area is 91.9 Å². The van der Waals surface area contributed by atoms with E-state index in [0.717, 1.165) is 0 Å². The van der Waals surface area contributed by atoms with Crippen molar-refractivity contribution in [2.75, 3.05) is 6.54 Å². The number of carbonyl (C=O) groups is 2. The number of aromatic nitrogens is 1. The lowest BCUT2D eigenvalue weighted by atomic mass is 10.2. The van der Waals surface area contributed by atoms with Gasteiger partial charge in [-0.05, 0) is 12.1 Å². The molecule has 0 bridgehead atoms. The van der Waals surface area contributed by atoms with Crippen molar-refractivity contribution in [3.05, 3.63) is 30.1 Å². The molecule has 1 aromatic heterocycles. The van der Waals surface area contributed by atoms with Crippen LogP contribution < -0.4 is 5.32 Å². The summed E-state index contributed by atoms with van der Waals surface area (Å²) >= 11 is 0. The fourth-order valence-electron chi connectivity index (χ4n) is 1.05. The summed E-state index contributed by atoms with van der Waals surface area (Å²) in [5.74, 6) is -1.64. The number of carboxylic acids is 1. The smallest absolute Gasteiger partial charge is 0.332 e. The second-order valence-electron chi connectivity index (χ2n) is 3.14. The molecule has 0 aromatic carbocycles. The molecule has 6 nitrogen and oxygen atoms in total. The number of amides is 1. The van der Waals surface area contributed by atoms with Crippen LogP contribution in [0.3, 0.4) is 0 Å². The lowest BCUT2D eigenvalue weighted by Gasteiger charge is -2.06. The molecule has 0 aliphatic rings. The van der Waals surface area contributed by atoms with Gasteiger partial charge in [-0.25, -0.2) is 4.79 Å². The predicted octanol–water partition coefficient (Wildman–Crippen LogP) is -0.353. The maximum atomic E-state index is 11.4. The van der Waals surface area contributed by atoms with Crippen LogP contribution in [0.1, 0.15) is 16.8 Å². The number of nitrogens with one attached hydrogen (secondary N) is 1. The number of rotatable bonds is 5. The third-order valence-corrected chi connectivity index (χ3v) is 1.91. The molecular weight excluding hydrogens is 212 g/mol. The molecule has 0 aliphatic carbocycles. The van der Waals surface area contributed by atoms with Crippen LogP contribution >= 0.6 is 0 Å². The average molecular weight is 224 g/mol. The zero-order valence-electron chi connectivity index (χ0n) is 8.46. The Morgan fingerprint density at radius 2 is 2.25 bits per heavy atom. The van der Waals surface area contributed by atoms with Crippen molar-refractivity contribution in [2.45, 2.75) is 12.5 Å². The van der Waals surface area contributed by atoms with E-state index in [1.807, 2.05) is 0 Å². The second kappa shape index (κ2) is 5.82. The highest BCUT2D eigenvalue weighted by molar-refractivity contribution is 5.93. The molecule has 0 aliphatic heterocycles. The van der Waals surface area contributed by atoms with Crippen molar-refractivity contribution in [3.8, 4) is 0 Å². The molecule has 0 spiro atoms. The van der Waals surface area contributed by atoms with Gasteiger partial charge < -0.3 is 15.5 Å². The fourth-order valence-corrected chi connectivity index (χ4v) is 1.05. The number of carbonyl (C=O) groups excluding carboxylic acids is 1. The van der Waals surface area contributed by atoms with E-state index < -0.39 is 12.1 Å². The van der Waals surface area contributed by atoms with Crippen LogP contribution in [0.2, 0.25) is 0 Å². The summed E-state index contributed by atoms with van der Waals surface area (Å²) in [6.07, 6.45) is 1.48. The SMILES string of the molecule is O=C(NCCC(O)C(=O)O)c1cccnc1. The topological polar surface area (TPSA) is 99.5 Å². The van der Waals surface area contributed by atoms with Crippen LogP contribution in [0.15, 0.2) is 24.5 Å². The Kier molecular flexibility index (Phi) is 4.41. The second-order valence-corrected chi connectivity index (χ2v) is 3.14. The predicted molar refractivity (Wildman–Crippen MR) is 54.8 cm³/mol. The largest absolute Gasteiger partial charge is 0.479 e. The van der Waals surface area contributed by atoms with Gasteiger partial charge in [0.05, 0.1) is 5.56 Å².